The largest absolute Gasteiger partial charge is 0.340 e. The third-order valence-electron chi connectivity index (χ3n) is 6.27. The number of hydrogen-bond donors (Lipinski definition) is 1. The Hall–Kier alpha value is -1.06. The van der Waals surface area contributed by atoms with Gasteiger partial charge in [0, 0.05) is 6.54 Å². The Labute approximate surface area is 127 Å². The van der Waals surface area contributed by atoms with E-state index in [2.05, 4.69) is 5.32 Å². The molecule has 0 bridgehead atoms. The molecule has 3 fully saturated rings. The van der Waals surface area contributed by atoms with E-state index in [0.717, 1.165) is 19.4 Å². The van der Waals surface area contributed by atoms with E-state index in [9.17, 15) is 9.59 Å². The van der Waals surface area contributed by atoms with Gasteiger partial charge >= 0.3 is 0 Å². The number of nitrogens with one attached hydrogen (secondary N) is 1. The second-order valence-electron chi connectivity index (χ2n) is 7.38. The molecule has 0 radical (unpaired) electrons. The quantitative estimate of drug-likeness (QED) is 0.846. The lowest BCUT2D eigenvalue weighted by Gasteiger charge is -2.53. The molecule has 118 valence electrons. The predicted octanol–water partition coefficient (Wildman–Crippen LogP) is 2.47. The molecule has 4 heteroatoms. The summed E-state index contributed by atoms with van der Waals surface area (Å²) >= 11 is 0. The van der Waals surface area contributed by atoms with Gasteiger partial charge in [0.25, 0.3) is 0 Å². The van der Waals surface area contributed by atoms with Crippen molar-refractivity contribution in [2.45, 2.75) is 76.8 Å². The van der Waals surface area contributed by atoms with Gasteiger partial charge in [-0.3, -0.25) is 9.59 Å². The summed E-state index contributed by atoms with van der Waals surface area (Å²) in [5, 5.41) is 3.10. The maximum absolute atomic E-state index is 13.2. The smallest absolute Gasteiger partial charge is 0.249 e. The van der Waals surface area contributed by atoms with Gasteiger partial charge in [0.1, 0.15) is 11.1 Å². The minimum absolute atomic E-state index is 0.0765. The molecule has 3 rings (SSSR count). The van der Waals surface area contributed by atoms with Crippen LogP contribution in [0.4, 0.5) is 0 Å². The fourth-order valence-corrected chi connectivity index (χ4v) is 3.98. The summed E-state index contributed by atoms with van der Waals surface area (Å²) in [5.41, 5.74) is -1.28. The fourth-order valence-electron chi connectivity index (χ4n) is 3.98. The van der Waals surface area contributed by atoms with Crippen LogP contribution >= 0.6 is 0 Å². The van der Waals surface area contributed by atoms with Gasteiger partial charge in [-0.1, -0.05) is 20.3 Å². The molecule has 21 heavy (non-hydrogen) atoms. The topological polar surface area (TPSA) is 49.4 Å². The molecule has 0 aromatic rings. The van der Waals surface area contributed by atoms with Gasteiger partial charge in [-0.15, -0.1) is 0 Å². The summed E-state index contributed by atoms with van der Waals surface area (Å²) in [6, 6.07) is 0. The first-order valence-electron chi connectivity index (χ1n) is 8.62. The van der Waals surface area contributed by atoms with Crippen LogP contribution in [0.1, 0.15) is 65.7 Å². The van der Waals surface area contributed by atoms with E-state index in [0.29, 0.717) is 24.7 Å². The van der Waals surface area contributed by atoms with Crippen molar-refractivity contribution in [3.63, 3.8) is 0 Å². The first kappa shape index (κ1) is 14.9. The summed E-state index contributed by atoms with van der Waals surface area (Å²) in [6.07, 6.45) is 7.18. The van der Waals surface area contributed by atoms with E-state index in [-0.39, 0.29) is 11.8 Å². The highest BCUT2D eigenvalue weighted by molar-refractivity contribution is 6.02. The number of amides is 2. The summed E-state index contributed by atoms with van der Waals surface area (Å²) in [7, 11) is 0. The Kier molecular flexibility index (Phi) is 3.53. The molecule has 2 saturated carbocycles. The van der Waals surface area contributed by atoms with Crippen LogP contribution in [-0.4, -0.2) is 34.3 Å². The van der Waals surface area contributed by atoms with E-state index in [4.69, 9.17) is 0 Å². The van der Waals surface area contributed by atoms with Crippen molar-refractivity contribution in [1.29, 1.82) is 0 Å². The molecular formula is C17H28N2O2. The third kappa shape index (κ3) is 2.09. The normalized spacial score (nSPS) is 32.8. The number of piperazine rings is 1. The maximum Gasteiger partial charge on any atom is 0.249 e. The molecule has 2 amide bonds. The molecule has 2 aliphatic carbocycles. The van der Waals surface area contributed by atoms with Crippen LogP contribution in [0.5, 0.6) is 0 Å². The Morgan fingerprint density at radius 1 is 1.14 bits per heavy atom. The van der Waals surface area contributed by atoms with Crippen LogP contribution in [-0.2, 0) is 9.59 Å². The van der Waals surface area contributed by atoms with Crippen molar-refractivity contribution in [3.05, 3.63) is 0 Å². The number of carbonyl (C=O) groups excluding carboxylic acids is 2. The van der Waals surface area contributed by atoms with Crippen molar-refractivity contribution in [1.82, 2.24) is 10.2 Å². The molecule has 0 spiro atoms. The SMILES string of the molecule is CCC1(CC)NC(=O)C(C)(C2CC2)N(CC2CCC2)C1=O. The average molecular weight is 292 g/mol. The minimum Gasteiger partial charge on any atom is -0.340 e. The highest BCUT2D eigenvalue weighted by Crippen LogP contribution is 2.47. The molecule has 1 aliphatic heterocycles. The first-order valence-corrected chi connectivity index (χ1v) is 8.62. The molecule has 0 aromatic heterocycles. The molecule has 1 atom stereocenters. The number of rotatable bonds is 5. The minimum atomic E-state index is -0.671. The summed E-state index contributed by atoms with van der Waals surface area (Å²) in [6.45, 7) is 6.78. The van der Waals surface area contributed by atoms with Crippen molar-refractivity contribution in [3.8, 4) is 0 Å². The number of nitrogens with zero attached hydrogens (tertiary/aromatic N) is 1. The van der Waals surface area contributed by atoms with Crippen molar-refractivity contribution in [2.24, 2.45) is 11.8 Å². The summed E-state index contributed by atoms with van der Waals surface area (Å²) < 4.78 is 0. The monoisotopic (exact) mass is 292 g/mol. The Bertz CT molecular complexity index is 450. The first-order chi connectivity index (χ1) is 9.98. The van der Waals surface area contributed by atoms with E-state index < -0.39 is 11.1 Å². The average Bonchev–Trinajstić information content (AvgIpc) is 3.26. The highest BCUT2D eigenvalue weighted by atomic mass is 16.2. The van der Waals surface area contributed by atoms with Gasteiger partial charge in [0.15, 0.2) is 0 Å². The molecule has 3 aliphatic rings. The Morgan fingerprint density at radius 2 is 1.76 bits per heavy atom. The predicted molar refractivity (Wildman–Crippen MR) is 81.6 cm³/mol. The summed E-state index contributed by atoms with van der Waals surface area (Å²) in [5.74, 6) is 1.19. The van der Waals surface area contributed by atoms with Crippen LogP contribution in [0, 0.1) is 11.8 Å². The lowest BCUT2D eigenvalue weighted by molar-refractivity contribution is -0.166. The molecule has 4 nitrogen and oxygen atoms in total. The maximum atomic E-state index is 13.2. The van der Waals surface area contributed by atoms with Gasteiger partial charge in [0.05, 0.1) is 0 Å². The molecule has 1 N–H and O–H groups in total. The van der Waals surface area contributed by atoms with Crippen molar-refractivity contribution in [2.75, 3.05) is 6.54 Å². The standard InChI is InChI=1S/C17H28N2O2/c1-4-17(5-2)15(21)19(11-12-7-6-8-12)16(3,13-9-10-13)14(20)18-17/h12-13H,4-11H2,1-3H3,(H,18,20). The Balaban J connectivity index is 1.93. The van der Waals surface area contributed by atoms with Crippen molar-refractivity contribution < 1.29 is 9.59 Å². The Morgan fingerprint density at radius 3 is 2.19 bits per heavy atom. The lowest BCUT2D eigenvalue weighted by Crippen LogP contribution is -2.76. The fraction of sp³-hybridized carbons (Fsp3) is 0.882. The zero-order valence-corrected chi connectivity index (χ0v) is 13.6. The van der Waals surface area contributed by atoms with Crippen LogP contribution in [0.15, 0.2) is 0 Å². The van der Waals surface area contributed by atoms with E-state index >= 15 is 0 Å². The van der Waals surface area contributed by atoms with Gasteiger partial charge in [-0.2, -0.15) is 0 Å². The van der Waals surface area contributed by atoms with Gasteiger partial charge in [0.2, 0.25) is 11.8 Å². The van der Waals surface area contributed by atoms with E-state index in [1.165, 1.54) is 19.3 Å². The second-order valence-corrected chi connectivity index (χ2v) is 7.38. The van der Waals surface area contributed by atoms with Crippen LogP contribution in [0.25, 0.3) is 0 Å². The van der Waals surface area contributed by atoms with Gasteiger partial charge in [-0.05, 0) is 57.3 Å². The second kappa shape index (κ2) is 4.99. The molecular weight excluding hydrogens is 264 g/mol. The van der Waals surface area contributed by atoms with E-state index in [1.807, 2.05) is 25.7 Å². The molecule has 1 unspecified atom stereocenters. The molecule has 0 aromatic carbocycles. The highest BCUT2D eigenvalue weighted by Gasteiger charge is 2.60. The molecule has 1 saturated heterocycles. The lowest BCUT2D eigenvalue weighted by atomic mass is 9.77. The zero-order chi connectivity index (χ0) is 15.3. The molecule has 1 heterocycles. The van der Waals surface area contributed by atoms with Crippen LogP contribution in [0.3, 0.4) is 0 Å². The van der Waals surface area contributed by atoms with Gasteiger partial charge < -0.3 is 10.2 Å². The van der Waals surface area contributed by atoms with Crippen LogP contribution < -0.4 is 5.32 Å². The van der Waals surface area contributed by atoms with Crippen molar-refractivity contribution >= 4 is 11.8 Å². The number of hydrogen-bond acceptors (Lipinski definition) is 2. The zero-order valence-electron chi connectivity index (χ0n) is 13.6. The van der Waals surface area contributed by atoms with E-state index in [1.54, 1.807) is 0 Å². The number of carbonyl (C=O) groups is 2. The van der Waals surface area contributed by atoms with Crippen LogP contribution in [0.2, 0.25) is 0 Å². The summed E-state index contributed by atoms with van der Waals surface area (Å²) in [4.78, 5) is 28.0. The third-order valence-corrected chi connectivity index (χ3v) is 6.27. The van der Waals surface area contributed by atoms with Gasteiger partial charge in [-0.25, -0.2) is 0 Å².